The molecule has 110 valence electrons. The molecule has 0 saturated carbocycles. The lowest BCUT2D eigenvalue weighted by molar-refractivity contribution is 0.567. The molecule has 3 heterocycles. The van der Waals surface area contributed by atoms with Crippen LogP contribution in [0.1, 0.15) is 25.0 Å². The summed E-state index contributed by atoms with van der Waals surface area (Å²) >= 11 is 1.59. The van der Waals surface area contributed by atoms with Crippen molar-refractivity contribution in [3.8, 4) is 0 Å². The van der Waals surface area contributed by atoms with Crippen molar-refractivity contribution in [3.05, 3.63) is 46.5 Å². The number of hydrogen-bond acceptors (Lipinski definition) is 5. The molecule has 0 radical (unpaired) electrons. The first-order valence-electron chi connectivity index (χ1n) is 7.20. The number of aromatic nitrogens is 3. The Morgan fingerprint density at radius 3 is 2.86 bits per heavy atom. The van der Waals surface area contributed by atoms with E-state index < -0.39 is 0 Å². The summed E-state index contributed by atoms with van der Waals surface area (Å²) in [5.41, 5.74) is 0.720. The van der Waals surface area contributed by atoms with Crippen LogP contribution in [0.2, 0.25) is 0 Å². The van der Waals surface area contributed by atoms with Gasteiger partial charge < -0.3 is 4.90 Å². The van der Waals surface area contributed by atoms with Crippen molar-refractivity contribution in [2.45, 2.75) is 30.0 Å². The van der Waals surface area contributed by atoms with E-state index in [-0.39, 0.29) is 5.56 Å². The van der Waals surface area contributed by atoms with Gasteiger partial charge in [0.05, 0.1) is 10.7 Å². The van der Waals surface area contributed by atoms with Crippen LogP contribution in [0.15, 0.2) is 40.3 Å². The highest BCUT2D eigenvalue weighted by Gasteiger charge is 2.14. The number of H-pyrrole nitrogens is 1. The largest absolute Gasteiger partial charge is 0.342 e. The highest BCUT2D eigenvalue weighted by molar-refractivity contribution is 7.98. The Labute approximate surface area is 127 Å². The average Bonchev–Trinajstić information content (AvgIpc) is 2.54. The van der Waals surface area contributed by atoms with Gasteiger partial charge in [-0.05, 0) is 31.4 Å². The summed E-state index contributed by atoms with van der Waals surface area (Å²) in [5.74, 6) is 1.36. The van der Waals surface area contributed by atoms with Crippen LogP contribution in [-0.2, 0) is 5.75 Å². The Hall–Kier alpha value is -1.82. The van der Waals surface area contributed by atoms with E-state index in [0.717, 1.165) is 36.7 Å². The van der Waals surface area contributed by atoms with Gasteiger partial charge >= 0.3 is 0 Å². The zero-order valence-electron chi connectivity index (χ0n) is 11.8. The maximum atomic E-state index is 11.8. The van der Waals surface area contributed by atoms with E-state index in [9.17, 15) is 4.79 Å². The van der Waals surface area contributed by atoms with Gasteiger partial charge in [-0.25, -0.2) is 9.97 Å². The molecule has 1 aliphatic rings. The van der Waals surface area contributed by atoms with Crippen LogP contribution in [-0.4, -0.2) is 28.0 Å². The number of pyridine rings is 1. The fourth-order valence-electron chi connectivity index (χ4n) is 2.40. The Morgan fingerprint density at radius 1 is 1.24 bits per heavy atom. The van der Waals surface area contributed by atoms with Crippen LogP contribution >= 0.6 is 11.8 Å². The second-order valence-electron chi connectivity index (χ2n) is 5.06. The Kier molecular flexibility index (Phi) is 4.55. The molecule has 2 aromatic heterocycles. The SMILES string of the molecule is O=c1cc(CSc2ccccn2)nc(N2CCCCC2)[nH]1. The molecule has 0 unspecified atom stereocenters. The van der Waals surface area contributed by atoms with Crippen LogP contribution in [0, 0.1) is 0 Å². The third-order valence-electron chi connectivity index (χ3n) is 3.44. The Bertz CT molecular complexity index is 638. The molecule has 1 fully saturated rings. The number of piperidine rings is 1. The van der Waals surface area contributed by atoms with Gasteiger partial charge in [0, 0.05) is 31.1 Å². The Morgan fingerprint density at radius 2 is 2.10 bits per heavy atom. The minimum Gasteiger partial charge on any atom is -0.342 e. The van der Waals surface area contributed by atoms with E-state index in [0.29, 0.717) is 11.7 Å². The molecule has 2 aromatic rings. The zero-order valence-corrected chi connectivity index (χ0v) is 12.6. The quantitative estimate of drug-likeness (QED) is 0.879. The van der Waals surface area contributed by atoms with Gasteiger partial charge in [-0.1, -0.05) is 6.07 Å². The molecule has 0 atom stereocenters. The molecule has 5 nitrogen and oxygen atoms in total. The highest BCUT2D eigenvalue weighted by Crippen LogP contribution is 2.20. The van der Waals surface area contributed by atoms with E-state index in [4.69, 9.17) is 0 Å². The highest BCUT2D eigenvalue weighted by atomic mass is 32.2. The first-order valence-corrected chi connectivity index (χ1v) is 8.19. The number of aromatic amines is 1. The van der Waals surface area contributed by atoms with Crippen LogP contribution in [0.3, 0.4) is 0 Å². The van der Waals surface area contributed by atoms with Gasteiger partial charge in [-0.2, -0.15) is 0 Å². The lowest BCUT2D eigenvalue weighted by Crippen LogP contribution is -2.32. The molecule has 0 aliphatic carbocycles. The predicted molar refractivity (Wildman–Crippen MR) is 84.7 cm³/mol. The summed E-state index contributed by atoms with van der Waals surface area (Å²) in [6.07, 6.45) is 5.36. The molecule has 6 heteroatoms. The summed E-state index contributed by atoms with van der Waals surface area (Å²) in [5, 5.41) is 0.944. The molecule has 21 heavy (non-hydrogen) atoms. The van der Waals surface area contributed by atoms with Crippen LogP contribution in [0.5, 0.6) is 0 Å². The van der Waals surface area contributed by atoms with E-state index in [1.54, 1.807) is 24.0 Å². The van der Waals surface area contributed by atoms with Crippen molar-refractivity contribution >= 4 is 17.7 Å². The van der Waals surface area contributed by atoms with Crippen LogP contribution < -0.4 is 10.5 Å². The van der Waals surface area contributed by atoms with E-state index in [1.165, 1.54) is 6.42 Å². The molecule has 0 amide bonds. The van der Waals surface area contributed by atoms with Crippen molar-refractivity contribution in [2.24, 2.45) is 0 Å². The zero-order chi connectivity index (χ0) is 14.5. The maximum Gasteiger partial charge on any atom is 0.252 e. The average molecular weight is 302 g/mol. The molecular formula is C15H18N4OS. The van der Waals surface area contributed by atoms with Gasteiger partial charge in [0.15, 0.2) is 0 Å². The van der Waals surface area contributed by atoms with Gasteiger partial charge in [-0.15, -0.1) is 11.8 Å². The van der Waals surface area contributed by atoms with Gasteiger partial charge in [0.2, 0.25) is 5.95 Å². The molecule has 0 aromatic carbocycles. The summed E-state index contributed by atoms with van der Waals surface area (Å²) in [6, 6.07) is 7.39. The number of rotatable bonds is 4. The second kappa shape index (κ2) is 6.76. The molecule has 1 N–H and O–H groups in total. The fourth-order valence-corrected chi connectivity index (χ4v) is 3.16. The van der Waals surface area contributed by atoms with E-state index >= 15 is 0 Å². The molecule has 3 rings (SSSR count). The second-order valence-corrected chi connectivity index (χ2v) is 6.06. The summed E-state index contributed by atoms with van der Waals surface area (Å²) in [7, 11) is 0. The summed E-state index contributed by atoms with van der Waals surface area (Å²) in [6.45, 7) is 1.94. The van der Waals surface area contributed by atoms with Crippen molar-refractivity contribution < 1.29 is 0 Å². The standard InChI is InChI=1S/C15H18N4OS/c20-13-10-12(11-21-14-6-2-3-7-16-14)17-15(18-13)19-8-4-1-5-9-19/h2-3,6-7,10H,1,4-5,8-9,11H2,(H,17,18,20). The lowest BCUT2D eigenvalue weighted by atomic mass is 10.1. The first kappa shape index (κ1) is 14.1. The maximum absolute atomic E-state index is 11.8. The third-order valence-corrected chi connectivity index (χ3v) is 4.42. The molecule has 1 aliphatic heterocycles. The molecule has 0 bridgehead atoms. The smallest absolute Gasteiger partial charge is 0.252 e. The number of thioether (sulfide) groups is 1. The number of nitrogens with zero attached hydrogens (tertiary/aromatic N) is 3. The predicted octanol–water partition coefficient (Wildman–Crippen LogP) is 2.45. The molecule has 0 spiro atoms. The summed E-state index contributed by atoms with van der Waals surface area (Å²) < 4.78 is 0. The van der Waals surface area contributed by atoms with Crippen LogP contribution in [0.25, 0.3) is 0 Å². The Balaban J connectivity index is 1.73. The van der Waals surface area contributed by atoms with Gasteiger partial charge in [0.1, 0.15) is 0 Å². The van der Waals surface area contributed by atoms with Crippen molar-refractivity contribution in [1.29, 1.82) is 0 Å². The third kappa shape index (κ3) is 3.85. The fraction of sp³-hybridized carbons (Fsp3) is 0.400. The summed E-state index contributed by atoms with van der Waals surface area (Å²) in [4.78, 5) is 25.7. The number of nitrogens with one attached hydrogen (secondary N) is 1. The number of hydrogen-bond donors (Lipinski definition) is 1. The van der Waals surface area contributed by atoms with Gasteiger partial charge in [0.25, 0.3) is 5.56 Å². The van der Waals surface area contributed by atoms with Gasteiger partial charge in [-0.3, -0.25) is 9.78 Å². The topological polar surface area (TPSA) is 61.9 Å². The van der Waals surface area contributed by atoms with E-state index in [1.807, 2.05) is 18.2 Å². The number of anilines is 1. The van der Waals surface area contributed by atoms with E-state index in [2.05, 4.69) is 19.9 Å². The van der Waals surface area contributed by atoms with Crippen molar-refractivity contribution in [3.63, 3.8) is 0 Å². The molecular weight excluding hydrogens is 284 g/mol. The first-order chi connectivity index (χ1) is 10.3. The van der Waals surface area contributed by atoms with Crippen molar-refractivity contribution in [2.75, 3.05) is 18.0 Å². The van der Waals surface area contributed by atoms with Crippen molar-refractivity contribution in [1.82, 2.24) is 15.0 Å². The molecule has 1 saturated heterocycles. The lowest BCUT2D eigenvalue weighted by Gasteiger charge is -2.27. The monoisotopic (exact) mass is 302 g/mol. The minimum absolute atomic E-state index is 0.0813. The van der Waals surface area contributed by atoms with Crippen LogP contribution in [0.4, 0.5) is 5.95 Å². The normalized spacial score (nSPS) is 15.1. The minimum atomic E-state index is -0.0813.